The second-order valence-electron chi connectivity index (χ2n) is 11.3. The molecule has 0 radical (unpaired) electrons. The number of aryl methyl sites for hydroxylation is 1. The summed E-state index contributed by atoms with van der Waals surface area (Å²) in [7, 11) is -6.13. The van der Waals surface area contributed by atoms with Gasteiger partial charge in [0.1, 0.15) is 5.75 Å². The molecule has 2 N–H and O–H groups in total. The zero-order chi connectivity index (χ0) is 33.4. The van der Waals surface area contributed by atoms with E-state index < -0.39 is 20.2 Å². The van der Waals surface area contributed by atoms with Crippen molar-refractivity contribution in [1.82, 2.24) is 5.48 Å². The first-order chi connectivity index (χ1) is 22.6. The Kier molecular flexibility index (Phi) is 11.2. The molecule has 0 saturated carbocycles. The zero-order valence-corrected chi connectivity index (χ0v) is 28.1. The number of hydroxylamine groups is 1. The maximum Gasteiger partial charge on any atom is 0.283 e. The number of nitrogens with one attached hydrogen (secondary N) is 1. The van der Waals surface area contributed by atoms with Crippen LogP contribution in [0.25, 0.3) is 28.0 Å². The van der Waals surface area contributed by atoms with Gasteiger partial charge < -0.3 is 14.4 Å². The predicted octanol–water partition coefficient (Wildman–Crippen LogP) is 6.57. The van der Waals surface area contributed by atoms with Crippen LogP contribution in [0.5, 0.6) is 11.5 Å². The summed E-state index contributed by atoms with van der Waals surface area (Å²) in [6.45, 7) is 2.64. The molecule has 4 aromatic rings. The van der Waals surface area contributed by atoms with Crippen LogP contribution in [-0.4, -0.2) is 53.1 Å². The molecule has 0 aromatic heterocycles. The van der Waals surface area contributed by atoms with Gasteiger partial charge in [-0.1, -0.05) is 61.5 Å². The molecule has 0 aliphatic carbocycles. The number of nitrogens with zero attached hydrogens (tertiary/aromatic N) is 1. The second-order valence-corrected chi connectivity index (χ2v) is 14.6. The molecule has 250 valence electrons. The Morgan fingerprint density at radius 2 is 1.66 bits per heavy atom. The normalized spacial score (nSPS) is 14.0. The molecule has 10 nitrogen and oxygen atoms in total. The Bertz CT molecular complexity index is 1950. The summed E-state index contributed by atoms with van der Waals surface area (Å²) in [6, 6.07) is 26.0. The monoisotopic (exact) mass is 680 g/mol. The highest BCUT2D eigenvalue weighted by atomic mass is 32.2. The van der Waals surface area contributed by atoms with E-state index in [1.165, 1.54) is 0 Å². The molecule has 0 fully saturated rings. The topological polar surface area (TPSA) is 131 Å². The molecule has 0 bridgehead atoms. The van der Waals surface area contributed by atoms with Crippen LogP contribution >= 0.6 is 0 Å². The third-order valence-electron chi connectivity index (χ3n) is 7.93. The van der Waals surface area contributed by atoms with Crippen molar-refractivity contribution in [2.75, 3.05) is 36.6 Å². The highest BCUT2D eigenvalue weighted by Crippen LogP contribution is 2.43. The highest BCUT2D eigenvalue weighted by molar-refractivity contribution is 7.86. The smallest absolute Gasteiger partial charge is 0.283 e. The first-order valence-electron chi connectivity index (χ1n) is 15.6. The number of ether oxygens (including phenoxy) is 2. The third kappa shape index (κ3) is 9.11. The summed E-state index contributed by atoms with van der Waals surface area (Å²) in [4.78, 5) is 2.07. The van der Waals surface area contributed by atoms with Crippen molar-refractivity contribution in [3.05, 3.63) is 95.9 Å². The largest absolute Gasteiger partial charge is 0.497 e. The summed E-state index contributed by atoms with van der Waals surface area (Å²) >= 11 is 0. The molecule has 0 atom stereocenters. The van der Waals surface area contributed by atoms with Gasteiger partial charge in [-0.3, -0.25) is 4.55 Å². The van der Waals surface area contributed by atoms with Crippen LogP contribution in [0.15, 0.2) is 84.7 Å². The summed E-state index contributed by atoms with van der Waals surface area (Å²) < 4.78 is 73.1. The molecule has 47 heavy (non-hydrogen) atoms. The fourth-order valence-electron chi connectivity index (χ4n) is 5.64. The van der Waals surface area contributed by atoms with Crippen LogP contribution in [0.4, 0.5) is 5.69 Å². The van der Waals surface area contributed by atoms with Gasteiger partial charge in [-0.15, -0.1) is 0 Å². The van der Waals surface area contributed by atoms with Crippen LogP contribution < -0.4 is 19.9 Å². The fraction of sp³-hybridized carbons (Fsp3) is 0.314. The minimum Gasteiger partial charge on any atom is -0.497 e. The van der Waals surface area contributed by atoms with E-state index in [2.05, 4.69) is 16.4 Å². The number of hydrogen-bond donors (Lipinski definition) is 2. The van der Waals surface area contributed by atoms with Gasteiger partial charge in [-0.05, 0) is 89.4 Å². The lowest BCUT2D eigenvalue weighted by atomic mass is 9.94. The van der Waals surface area contributed by atoms with Gasteiger partial charge in [0.25, 0.3) is 20.2 Å². The van der Waals surface area contributed by atoms with Crippen LogP contribution in [0.1, 0.15) is 43.7 Å². The van der Waals surface area contributed by atoms with Gasteiger partial charge in [0.05, 0.1) is 24.3 Å². The molecule has 0 unspecified atom stereocenters. The van der Waals surface area contributed by atoms with Gasteiger partial charge in [-0.2, -0.15) is 26.6 Å². The van der Waals surface area contributed by atoms with E-state index in [1.807, 2.05) is 78.9 Å². The summed E-state index contributed by atoms with van der Waals surface area (Å²) in [5.41, 5.74) is 7.31. The number of unbranched alkanes of at least 4 members (excludes halogenated alkanes) is 2. The number of methoxy groups -OCH3 is 1. The minimum absolute atomic E-state index is 0.119. The Morgan fingerprint density at radius 3 is 2.40 bits per heavy atom. The van der Waals surface area contributed by atoms with E-state index in [9.17, 15) is 21.4 Å². The molecular weight excluding hydrogens is 641 g/mol. The lowest BCUT2D eigenvalue weighted by Crippen LogP contribution is -2.24. The second kappa shape index (κ2) is 15.3. The van der Waals surface area contributed by atoms with Crippen LogP contribution in [0.2, 0.25) is 0 Å². The molecule has 1 aliphatic heterocycles. The first kappa shape index (κ1) is 34.4. The van der Waals surface area contributed by atoms with E-state index in [0.717, 1.165) is 44.5 Å². The molecule has 12 heteroatoms. The van der Waals surface area contributed by atoms with Crippen molar-refractivity contribution < 1.29 is 35.1 Å². The number of benzene rings is 4. The molecule has 4 aromatic carbocycles. The molecule has 0 saturated heterocycles. The minimum atomic E-state index is -4.05. The quantitative estimate of drug-likeness (QED) is 0.0761. The van der Waals surface area contributed by atoms with Crippen LogP contribution in [-0.2, 0) is 30.9 Å². The lowest BCUT2D eigenvalue weighted by molar-refractivity contribution is 0.210. The molecule has 0 spiro atoms. The van der Waals surface area contributed by atoms with Gasteiger partial charge >= 0.3 is 0 Å². The number of fused-ring (bicyclic) bond motifs is 2. The van der Waals surface area contributed by atoms with E-state index in [4.69, 9.17) is 13.8 Å². The van der Waals surface area contributed by atoms with Crippen molar-refractivity contribution in [3.63, 3.8) is 0 Å². The van der Waals surface area contributed by atoms with Gasteiger partial charge in [0.15, 0.2) is 5.75 Å². The Hall–Kier alpha value is -3.94. The molecule has 1 heterocycles. The molecule has 1 aliphatic rings. The highest BCUT2D eigenvalue weighted by Gasteiger charge is 2.27. The van der Waals surface area contributed by atoms with Crippen LogP contribution in [0.3, 0.4) is 0 Å². The van der Waals surface area contributed by atoms with E-state index >= 15 is 0 Å². The molecular formula is C35H40N2O8S2. The Labute approximate surface area is 276 Å². The maximum atomic E-state index is 12.2. The van der Waals surface area contributed by atoms with Crippen molar-refractivity contribution in [2.24, 2.45) is 0 Å². The SMILES string of the molecule is CCNOS(=O)(=O)CCCCN1/C(=C/c2ccc3cc(OC)ccc3c2CCCCS(=O)(=O)O)Oc2ccc(-c3ccccc3)cc21. The summed E-state index contributed by atoms with van der Waals surface area (Å²) in [6.07, 6.45) is 4.38. The summed E-state index contributed by atoms with van der Waals surface area (Å²) in [5, 5.41) is 1.99. The van der Waals surface area contributed by atoms with Crippen LogP contribution in [0, 0.1) is 0 Å². The average Bonchev–Trinajstić information content (AvgIpc) is 3.40. The Morgan fingerprint density at radius 1 is 0.872 bits per heavy atom. The maximum absolute atomic E-state index is 12.2. The standard InChI is InChI=1S/C35H40N2O8S2/c1-3-36-45-47(41,42)22-10-8-20-37-33-24-27(26-11-5-4-6-12-26)16-19-34(33)44-35(37)25-29-15-14-28-23-30(43-2)17-18-32(28)31(29)13-7-9-21-46(38,39)40/h4-6,11-12,14-19,23-25,36H,3,7-10,13,20-22H2,1-2H3,(H,38,39,40)/b35-25-. The van der Waals surface area contributed by atoms with Gasteiger partial charge in [0.2, 0.25) is 5.88 Å². The lowest BCUT2D eigenvalue weighted by Gasteiger charge is -2.20. The number of anilines is 1. The van der Waals surface area contributed by atoms with E-state index in [0.29, 0.717) is 56.8 Å². The van der Waals surface area contributed by atoms with Crippen molar-refractivity contribution in [2.45, 2.75) is 39.0 Å². The number of rotatable bonds is 16. The fourth-order valence-corrected chi connectivity index (χ4v) is 7.15. The van der Waals surface area contributed by atoms with Crippen molar-refractivity contribution in [3.8, 4) is 22.6 Å². The summed E-state index contributed by atoms with van der Waals surface area (Å²) in [5.74, 6) is 1.61. The number of hydrogen-bond acceptors (Lipinski definition) is 9. The van der Waals surface area contributed by atoms with Gasteiger partial charge in [-0.25, -0.2) is 0 Å². The van der Waals surface area contributed by atoms with Gasteiger partial charge in [0, 0.05) is 19.2 Å². The van der Waals surface area contributed by atoms with Crippen molar-refractivity contribution in [1.29, 1.82) is 0 Å². The van der Waals surface area contributed by atoms with E-state index in [-0.39, 0.29) is 11.5 Å². The third-order valence-corrected chi connectivity index (χ3v) is 9.89. The first-order valence-corrected chi connectivity index (χ1v) is 18.8. The predicted molar refractivity (Wildman–Crippen MR) is 185 cm³/mol. The van der Waals surface area contributed by atoms with Crippen molar-refractivity contribution >= 4 is 42.8 Å². The molecule has 5 rings (SSSR count). The molecule has 0 amide bonds. The average molecular weight is 681 g/mol. The zero-order valence-electron chi connectivity index (χ0n) is 26.5. The Balaban J connectivity index is 1.49. The van der Waals surface area contributed by atoms with E-state index in [1.54, 1.807) is 14.0 Å².